The molecule has 2 aromatic rings. The van der Waals surface area contributed by atoms with Gasteiger partial charge < -0.3 is 5.11 Å². The van der Waals surface area contributed by atoms with Gasteiger partial charge in [0.2, 0.25) is 0 Å². The standard InChI is InChI=1S/C16H15IO/c17-15-9-5-4-8-12(15)16(18)14-10-13(14)11-6-2-1-3-7-11/h1-9,13-14,16,18H,10H2. The van der Waals surface area contributed by atoms with Gasteiger partial charge >= 0.3 is 0 Å². The molecule has 1 fully saturated rings. The third kappa shape index (κ3) is 2.31. The smallest absolute Gasteiger partial charge is 0.0834 e. The molecule has 0 saturated heterocycles. The Balaban J connectivity index is 1.77. The molecule has 2 heteroatoms. The lowest BCUT2D eigenvalue weighted by Crippen LogP contribution is -2.03. The Kier molecular flexibility index (Phi) is 3.39. The molecule has 1 N–H and O–H groups in total. The fraction of sp³-hybridized carbons (Fsp3) is 0.250. The predicted molar refractivity (Wildman–Crippen MR) is 81.4 cm³/mol. The van der Waals surface area contributed by atoms with Gasteiger partial charge in [-0.25, -0.2) is 0 Å². The van der Waals surface area contributed by atoms with Crippen LogP contribution >= 0.6 is 22.6 Å². The van der Waals surface area contributed by atoms with E-state index in [4.69, 9.17) is 0 Å². The summed E-state index contributed by atoms with van der Waals surface area (Å²) in [4.78, 5) is 0. The summed E-state index contributed by atoms with van der Waals surface area (Å²) in [6.45, 7) is 0. The first-order valence-electron chi connectivity index (χ1n) is 6.25. The van der Waals surface area contributed by atoms with Gasteiger partial charge in [0.25, 0.3) is 0 Å². The number of hydrogen-bond acceptors (Lipinski definition) is 1. The molecule has 0 radical (unpaired) electrons. The van der Waals surface area contributed by atoms with Crippen LogP contribution in [0.5, 0.6) is 0 Å². The molecule has 0 heterocycles. The van der Waals surface area contributed by atoms with Crippen LogP contribution in [0.1, 0.15) is 29.6 Å². The van der Waals surface area contributed by atoms with Crippen molar-refractivity contribution >= 4 is 22.6 Å². The molecule has 1 aliphatic rings. The number of benzene rings is 2. The molecule has 1 aliphatic carbocycles. The molecule has 0 aliphatic heterocycles. The van der Waals surface area contributed by atoms with E-state index in [1.165, 1.54) is 5.56 Å². The number of halogens is 1. The summed E-state index contributed by atoms with van der Waals surface area (Å²) < 4.78 is 1.15. The van der Waals surface area contributed by atoms with E-state index in [2.05, 4.69) is 52.9 Å². The summed E-state index contributed by atoms with van der Waals surface area (Å²) in [5, 5.41) is 10.5. The lowest BCUT2D eigenvalue weighted by atomic mass is 10.0. The van der Waals surface area contributed by atoms with Crippen LogP contribution in [0, 0.1) is 9.49 Å². The second kappa shape index (κ2) is 5.02. The average molecular weight is 350 g/mol. The van der Waals surface area contributed by atoms with Crippen LogP contribution in [0.25, 0.3) is 0 Å². The third-order valence-corrected chi connectivity index (χ3v) is 4.68. The highest BCUT2D eigenvalue weighted by Crippen LogP contribution is 2.54. The van der Waals surface area contributed by atoms with Crippen molar-refractivity contribution in [2.24, 2.45) is 5.92 Å². The maximum Gasteiger partial charge on any atom is 0.0834 e. The van der Waals surface area contributed by atoms with E-state index >= 15 is 0 Å². The molecule has 1 saturated carbocycles. The maximum atomic E-state index is 10.5. The monoisotopic (exact) mass is 350 g/mol. The number of aliphatic hydroxyl groups excluding tert-OH is 1. The zero-order chi connectivity index (χ0) is 12.5. The van der Waals surface area contributed by atoms with Gasteiger partial charge in [0, 0.05) is 3.57 Å². The Morgan fingerprint density at radius 1 is 1.00 bits per heavy atom. The molecule has 18 heavy (non-hydrogen) atoms. The first-order valence-corrected chi connectivity index (χ1v) is 7.32. The fourth-order valence-corrected chi connectivity index (χ4v) is 3.30. The lowest BCUT2D eigenvalue weighted by molar-refractivity contribution is 0.150. The second-order valence-corrected chi connectivity index (χ2v) is 6.05. The van der Waals surface area contributed by atoms with Crippen molar-refractivity contribution in [3.8, 4) is 0 Å². The lowest BCUT2D eigenvalue weighted by Gasteiger charge is -2.12. The number of rotatable bonds is 3. The van der Waals surface area contributed by atoms with Crippen LogP contribution in [0.2, 0.25) is 0 Å². The topological polar surface area (TPSA) is 20.2 Å². The normalized spacial score (nSPS) is 23.7. The highest BCUT2D eigenvalue weighted by Gasteiger charge is 2.44. The van der Waals surface area contributed by atoms with Crippen molar-refractivity contribution in [2.75, 3.05) is 0 Å². The van der Waals surface area contributed by atoms with Gasteiger partial charge in [-0.3, -0.25) is 0 Å². The van der Waals surface area contributed by atoms with Crippen LogP contribution < -0.4 is 0 Å². The van der Waals surface area contributed by atoms with Crippen LogP contribution in [-0.2, 0) is 0 Å². The van der Waals surface area contributed by atoms with Gasteiger partial charge in [-0.05, 0) is 58.0 Å². The Morgan fingerprint density at radius 3 is 2.39 bits per heavy atom. The van der Waals surface area contributed by atoms with Crippen molar-refractivity contribution < 1.29 is 5.11 Å². The van der Waals surface area contributed by atoms with Gasteiger partial charge in [0.15, 0.2) is 0 Å². The molecule has 3 rings (SSSR count). The van der Waals surface area contributed by atoms with E-state index in [1.807, 2.05) is 24.3 Å². The number of hydrogen-bond donors (Lipinski definition) is 1. The highest BCUT2D eigenvalue weighted by molar-refractivity contribution is 14.1. The van der Waals surface area contributed by atoms with Crippen molar-refractivity contribution in [1.82, 2.24) is 0 Å². The van der Waals surface area contributed by atoms with Crippen LogP contribution in [0.3, 0.4) is 0 Å². The Hall–Kier alpha value is -0.870. The summed E-state index contributed by atoms with van der Waals surface area (Å²) in [7, 11) is 0. The van der Waals surface area contributed by atoms with E-state index in [0.29, 0.717) is 11.8 Å². The minimum absolute atomic E-state index is 0.330. The molecule has 3 unspecified atom stereocenters. The van der Waals surface area contributed by atoms with E-state index in [-0.39, 0.29) is 6.10 Å². The molecule has 0 spiro atoms. The van der Waals surface area contributed by atoms with Gasteiger partial charge in [-0.1, -0.05) is 48.5 Å². The third-order valence-electron chi connectivity index (χ3n) is 3.70. The molecule has 3 atom stereocenters. The first kappa shape index (κ1) is 12.2. The summed E-state index contributed by atoms with van der Waals surface area (Å²) in [5.41, 5.74) is 2.43. The van der Waals surface area contributed by atoms with Crippen molar-refractivity contribution in [3.05, 3.63) is 69.3 Å². The molecular weight excluding hydrogens is 335 g/mol. The highest BCUT2D eigenvalue weighted by atomic mass is 127. The summed E-state index contributed by atoms with van der Waals surface area (Å²) in [6, 6.07) is 18.6. The molecule has 92 valence electrons. The minimum atomic E-state index is -0.330. The van der Waals surface area contributed by atoms with Gasteiger partial charge in [-0.15, -0.1) is 0 Å². The van der Waals surface area contributed by atoms with Crippen molar-refractivity contribution in [2.45, 2.75) is 18.4 Å². The van der Waals surface area contributed by atoms with Gasteiger partial charge in [0.1, 0.15) is 0 Å². The number of aliphatic hydroxyl groups is 1. The Bertz CT molecular complexity index is 538. The summed E-state index contributed by atoms with van der Waals surface area (Å²) in [6.07, 6.45) is 0.763. The summed E-state index contributed by atoms with van der Waals surface area (Å²) >= 11 is 2.30. The van der Waals surface area contributed by atoms with Crippen molar-refractivity contribution in [1.29, 1.82) is 0 Å². The Labute approximate surface area is 121 Å². The fourth-order valence-electron chi connectivity index (χ4n) is 2.59. The molecule has 2 aromatic carbocycles. The minimum Gasteiger partial charge on any atom is -0.388 e. The van der Waals surface area contributed by atoms with E-state index in [0.717, 1.165) is 15.6 Å². The molecule has 0 amide bonds. The molecular formula is C16H15IO. The maximum absolute atomic E-state index is 10.5. The van der Waals surface area contributed by atoms with Crippen LogP contribution in [-0.4, -0.2) is 5.11 Å². The van der Waals surface area contributed by atoms with E-state index < -0.39 is 0 Å². The SMILES string of the molecule is OC(c1ccccc1I)C1CC1c1ccccc1. The van der Waals surface area contributed by atoms with Crippen LogP contribution in [0.15, 0.2) is 54.6 Å². The first-order chi connectivity index (χ1) is 8.77. The van der Waals surface area contributed by atoms with Gasteiger partial charge in [-0.2, -0.15) is 0 Å². The van der Waals surface area contributed by atoms with Crippen molar-refractivity contribution in [3.63, 3.8) is 0 Å². The van der Waals surface area contributed by atoms with Crippen LogP contribution in [0.4, 0.5) is 0 Å². The Morgan fingerprint density at radius 2 is 1.67 bits per heavy atom. The second-order valence-electron chi connectivity index (χ2n) is 4.88. The van der Waals surface area contributed by atoms with Gasteiger partial charge in [0.05, 0.1) is 6.10 Å². The molecule has 1 nitrogen and oxygen atoms in total. The zero-order valence-corrected chi connectivity index (χ0v) is 12.1. The quantitative estimate of drug-likeness (QED) is 0.826. The molecule has 0 aromatic heterocycles. The predicted octanol–water partition coefficient (Wildman–Crippen LogP) is 4.13. The van der Waals surface area contributed by atoms with E-state index in [9.17, 15) is 5.11 Å². The summed E-state index contributed by atoms with van der Waals surface area (Å²) in [5.74, 6) is 0.903. The van der Waals surface area contributed by atoms with E-state index in [1.54, 1.807) is 0 Å². The largest absolute Gasteiger partial charge is 0.388 e. The zero-order valence-electron chi connectivity index (χ0n) is 9.96. The molecule has 0 bridgehead atoms. The average Bonchev–Trinajstić information content (AvgIpc) is 3.20.